The van der Waals surface area contributed by atoms with Crippen molar-refractivity contribution in [3.8, 4) is 0 Å². The molecule has 40 heavy (non-hydrogen) atoms. The first-order valence-electron chi connectivity index (χ1n) is 11.7. The van der Waals surface area contributed by atoms with Gasteiger partial charge in [0.1, 0.15) is 5.82 Å². The van der Waals surface area contributed by atoms with Gasteiger partial charge in [-0.1, -0.05) is 23.7 Å². The molecule has 0 radical (unpaired) electrons. The van der Waals surface area contributed by atoms with Crippen molar-refractivity contribution in [1.82, 2.24) is 9.03 Å². The summed E-state index contributed by atoms with van der Waals surface area (Å²) >= 11 is 5.61. The summed E-state index contributed by atoms with van der Waals surface area (Å²) in [5.74, 6) is -1.54. The number of carbonyl (C=O) groups is 1. The van der Waals surface area contributed by atoms with Crippen LogP contribution in [0.1, 0.15) is 24.0 Å². The zero-order chi connectivity index (χ0) is 29.3. The Hall–Kier alpha value is -3.04. The Morgan fingerprint density at radius 1 is 0.925 bits per heavy atom. The fourth-order valence-corrected chi connectivity index (χ4v) is 6.54. The van der Waals surface area contributed by atoms with Crippen LogP contribution in [0.25, 0.3) is 0 Å². The molecule has 1 saturated carbocycles. The van der Waals surface area contributed by atoms with Gasteiger partial charge in [0.2, 0.25) is 26.0 Å². The number of carbonyl (C=O) groups excluding carboxylic acids is 1. The third kappa shape index (κ3) is 7.37. The SMILES string of the molecule is O=C(CN(Cc1ccc(F)cc1)S(=O)(=O)c1ccc(S(=O)(=O)NC2CC2)cc1)Nc1ccc(Cl)c(C(F)(F)F)c1. The largest absolute Gasteiger partial charge is 0.417 e. The third-order valence-electron chi connectivity index (χ3n) is 5.82. The molecule has 214 valence electrons. The summed E-state index contributed by atoms with van der Waals surface area (Å²) in [5.41, 5.74) is -1.14. The van der Waals surface area contributed by atoms with Gasteiger partial charge in [-0.15, -0.1) is 0 Å². The Kier molecular flexibility index (Phi) is 8.57. The predicted molar refractivity (Wildman–Crippen MR) is 139 cm³/mol. The molecule has 1 aliphatic rings. The van der Waals surface area contributed by atoms with Gasteiger partial charge in [-0.3, -0.25) is 4.79 Å². The molecule has 0 bridgehead atoms. The molecule has 0 saturated heterocycles. The lowest BCUT2D eigenvalue weighted by molar-refractivity contribution is -0.137. The van der Waals surface area contributed by atoms with E-state index in [2.05, 4.69) is 10.0 Å². The lowest BCUT2D eigenvalue weighted by Crippen LogP contribution is -2.37. The number of nitrogens with zero attached hydrogens (tertiary/aromatic N) is 1. The molecule has 15 heteroatoms. The quantitative estimate of drug-likeness (QED) is 0.318. The summed E-state index contributed by atoms with van der Waals surface area (Å²) < 4.78 is 108. The van der Waals surface area contributed by atoms with E-state index in [9.17, 15) is 39.2 Å². The molecule has 1 fully saturated rings. The molecule has 4 rings (SSSR count). The average Bonchev–Trinajstić information content (AvgIpc) is 3.69. The number of anilines is 1. The molecule has 0 aliphatic heterocycles. The molecule has 0 aromatic heterocycles. The van der Waals surface area contributed by atoms with Gasteiger partial charge in [0, 0.05) is 18.3 Å². The highest BCUT2D eigenvalue weighted by molar-refractivity contribution is 7.89. The Labute approximate surface area is 233 Å². The van der Waals surface area contributed by atoms with Crippen LogP contribution in [0.15, 0.2) is 76.5 Å². The Bertz CT molecular complexity index is 1610. The first-order chi connectivity index (χ1) is 18.6. The van der Waals surface area contributed by atoms with E-state index >= 15 is 0 Å². The van der Waals surface area contributed by atoms with Gasteiger partial charge in [0.15, 0.2) is 0 Å². The van der Waals surface area contributed by atoms with Crippen molar-refractivity contribution >= 4 is 43.2 Å². The van der Waals surface area contributed by atoms with Gasteiger partial charge in [-0.25, -0.2) is 25.9 Å². The zero-order valence-electron chi connectivity index (χ0n) is 20.5. The normalized spacial score (nSPS) is 14.3. The second-order valence-corrected chi connectivity index (χ2v) is 13.1. The summed E-state index contributed by atoms with van der Waals surface area (Å²) in [6, 6.07) is 11.7. The molecule has 0 unspecified atom stereocenters. The van der Waals surface area contributed by atoms with E-state index in [1.54, 1.807) is 0 Å². The highest BCUT2D eigenvalue weighted by Gasteiger charge is 2.34. The van der Waals surface area contributed by atoms with E-state index in [0.29, 0.717) is 24.5 Å². The Morgan fingerprint density at radius 2 is 1.52 bits per heavy atom. The number of amides is 1. The number of hydrogen-bond donors (Lipinski definition) is 2. The molecule has 1 amide bonds. The topological polar surface area (TPSA) is 113 Å². The van der Waals surface area contributed by atoms with Crippen molar-refractivity contribution in [3.63, 3.8) is 0 Å². The van der Waals surface area contributed by atoms with E-state index in [0.717, 1.165) is 52.8 Å². The van der Waals surface area contributed by atoms with E-state index in [1.165, 1.54) is 12.1 Å². The van der Waals surface area contributed by atoms with Crippen molar-refractivity contribution in [3.05, 3.63) is 88.7 Å². The number of benzene rings is 3. The first kappa shape index (κ1) is 29.9. The molecule has 3 aromatic rings. The van der Waals surface area contributed by atoms with Crippen molar-refractivity contribution in [2.45, 2.75) is 41.4 Å². The summed E-state index contributed by atoms with van der Waals surface area (Å²) in [7, 11) is -8.30. The van der Waals surface area contributed by atoms with Gasteiger partial charge in [0.25, 0.3) is 0 Å². The van der Waals surface area contributed by atoms with E-state index in [-0.39, 0.29) is 21.5 Å². The zero-order valence-corrected chi connectivity index (χ0v) is 22.8. The minimum absolute atomic E-state index is 0.149. The molecule has 0 spiro atoms. The molecule has 0 heterocycles. The van der Waals surface area contributed by atoms with Gasteiger partial charge in [0.05, 0.1) is 26.9 Å². The van der Waals surface area contributed by atoms with Crippen LogP contribution in [0.5, 0.6) is 0 Å². The minimum Gasteiger partial charge on any atom is -0.325 e. The van der Waals surface area contributed by atoms with Crippen LogP contribution in [0, 0.1) is 5.82 Å². The van der Waals surface area contributed by atoms with Crippen molar-refractivity contribution < 1.29 is 39.2 Å². The molecule has 8 nitrogen and oxygen atoms in total. The molecule has 1 aliphatic carbocycles. The second kappa shape index (κ2) is 11.4. The maximum atomic E-state index is 13.5. The lowest BCUT2D eigenvalue weighted by Gasteiger charge is -2.22. The lowest BCUT2D eigenvalue weighted by atomic mass is 10.2. The molecular formula is C25H22ClF4N3O5S2. The van der Waals surface area contributed by atoms with Gasteiger partial charge in [-0.05, 0) is 73.0 Å². The number of sulfonamides is 2. The van der Waals surface area contributed by atoms with Gasteiger partial charge < -0.3 is 5.32 Å². The standard InChI is InChI=1S/C25H22ClF4N3O5S2/c26-23-12-7-19(13-22(23)25(28,29)30)31-24(34)15-33(14-16-1-3-17(27)4-2-16)40(37,38)21-10-8-20(9-11-21)39(35,36)32-18-5-6-18/h1-4,7-13,18,32H,5-6,14-15H2,(H,31,34). The van der Waals surface area contributed by atoms with E-state index in [1.807, 2.05) is 0 Å². The van der Waals surface area contributed by atoms with Crippen LogP contribution >= 0.6 is 11.6 Å². The van der Waals surface area contributed by atoms with E-state index < -0.39 is 61.6 Å². The third-order valence-corrected chi connectivity index (χ3v) is 9.49. The van der Waals surface area contributed by atoms with Crippen LogP contribution in [-0.2, 0) is 37.6 Å². The number of nitrogens with one attached hydrogen (secondary N) is 2. The Morgan fingerprint density at radius 3 is 2.10 bits per heavy atom. The molecule has 2 N–H and O–H groups in total. The smallest absolute Gasteiger partial charge is 0.325 e. The maximum absolute atomic E-state index is 13.5. The van der Waals surface area contributed by atoms with Crippen LogP contribution in [-0.4, -0.2) is 39.6 Å². The molecule has 3 aromatic carbocycles. The highest BCUT2D eigenvalue weighted by atomic mass is 35.5. The summed E-state index contributed by atoms with van der Waals surface area (Å²) in [6.45, 7) is -1.22. The monoisotopic (exact) mass is 619 g/mol. The number of rotatable bonds is 10. The van der Waals surface area contributed by atoms with Crippen LogP contribution in [0.3, 0.4) is 0 Å². The fraction of sp³-hybridized carbons (Fsp3) is 0.240. The fourth-order valence-electron chi connectivity index (χ4n) is 3.63. The van der Waals surface area contributed by atoms with Gasteiger partial charge >= 0.3 is 6.18 Å². The first-order valence-corrected chi connectivity index (χ1v) is 15.0. The van der Waals surface area contributed by atoms with Crippen LogP contribution in [0.2, 0.25) is 5.02 Å². The van der Waals surface area contributed by atoms with Crippen LogP contribution in [0.4, 0.5) is 23.2 Å². The van der Waals surface area contributed by atoms with Gasteiger partial charge in [-0.2, -0.15) is 17.5 Å². The predicted octanol–water partition coefficient (Wildman–Crippen LogP) is 4.77. The maximum Gasteiger partial charge on any atom is 0.417 e. The number of alkyl halides is 3. The van der Waals surface area contributed by atoms with Crippen molar-refractivity contribution in [2.75, 3.05) is 11.9 Å². The summed E-state index contributed by atoms with van der Waals surface area (Å²) in [5, 5.41) is 1.65. The summed E-state index contributed by atoms with van der Waals surface area (Å²) in [4.78, 5) is 12.3. The summed E-state index contributed by atoms with van der Waals surface area (Å²) in [6.07, 6.45) is -3.37. The van der Waals surface area contributed by atoms with Crippen molar-refractivity contribution in [1.29, 1.82) is 0 Å². The molecule has 0 atom stereocenters. The highest BCUT2D eigenvalue weighted by Crippen LogP contribution is 2.36. The number of hydrogen-bond acceptors (Lipinski definition) is 5. The number of halogens is 5. The minimum atomic E-state index is -4.79. The van der Waals surface area contributed by atoms with Crippen LogP contribution < -0.4 is 10.0 Å². The Balaban J connectivity index is 1.59. The van der Waals surface area contributed by atoms with E-state index in [4.69, 9.17) is 11.6 Å². The second-order valence-electron chi connectivity index (χ2n) is 9.01. The average molecular weight is 620 g/mol. The molecular weight excluding hydrogens is 598 g/mol. The van der Waals surface area contributed by atoms with Crippen molar-refractivity contribution in [2.24, 2.45) is 0 Å².